The third-order valence-corrected chi connectivity index (χ3v) is 6.10. The SMILES string of the molecule is C#C.C=C(C)c1cccc(C#N)c1.C=CC(N)=C(C)C.CC.CC.CCc1ccccc1C/C=C(\C)NCc1ccc(C)cc1. The molecule has 3 aromatic carbocycles. The summed E-state index contributed by atoms with van der Waals surface area (Å²) < 4.78 is 0. The molecule has 0 heterocycles. The van der Waals surface area contributed by atoms with Gasteiger partial charge >= 0.3 is 0 Å². The Labute approximate surface area is 277 Å². The summed E-state index contributed by atoms with van der Waals surface area (Å²) in [5.41, 5.74) is 16.7. The van der Waals surface area contributed by atoms with E-state index in [-0.39, 0.29) is 0 Å². The fourth-order valence-electron chi connectivity index (χ4n) is 3.44. The topological polar surface area (TPSA) is 61.8 Å². The lowest BCUT2D eigenvalue weighted by molar-refractivity contribution is 0.805. The van der Waals surface area contributed by atoms with E-state index in [9.17, 15) is 0 Å². The number of allylic oxidation sites excluding steroid dienone is 5. The Morgan fingerprint density at radius 1 is 0.889 bits per heavy atom. The average molecular weight is 606 g/mol. The van der Waals surface area contributed by atoms with Gasteiger partial charge in [-0.1, -0.05) is 131 Å². The summed E-state index contributed by atoms with van der Waals surface area (Å²) in [6.07, 6.45) is 14.0. The normalized spacial score (nSPS) is 9.00. The van der Waals surface area contributed by atoms with Crippen molar-refractivity contribution in [1.29, 1.82) is 5.26 Å². The molecule has 3 heteroatoms. The molecule has 0 atom stereocenters. The first-order valence-corrected chi connectivity index (χ1v) is 15.7. The molecule has 0 bridgehead atoms. The molecule has 3 rings (SSSR count). The maximum absolute atomic E-state index is 8.56. The van der Waals surface area contributed by atoms with E-state index in [0.29, 0.717) is 5.56 Å². The number of benzene rings is 3. The summed E-state index contributed by atoms with van der Waals surface area (Å²) in [5, 5.41) is 12.1. The summed E-state index contributed by atoms with van der Waals surface area (Å²) in [4.78, 5) is 0. The Morgan fingerprint density at radius 3 is 1.89 bits per heavy atom. The average Bonchev–Trinajstić information content (AvgIpc) is 3.10. The smallest absolute Gasteiger partial charge is 0.0991 e. The van der Waals surface area contributed by atoms with E-state index in [0.717, 1.165) is 41.8 Å². The lowest BCUT2D eigenvalue weighted by Gasteiger charge is -2.09. The van der Waals surface area contributed by atoms with Crippen LogP contribution in [-0.2, 0) is 19.4 Å². The standard InChI is InChI=1S/C20H25N.C10H9N.C6H11N.2C2H6.C2H2/c1-4-19-7-5-6-8-20(19)14-11-17(3)21-15-18-12-9-16(2)10-13-18;1-8(2)10-5-3-4-9(6-10)7-11;1-4-6(7)5(2)3;3*1-2/h5-13,21H,4,14-15H2,1-3H3;3-6H,1H2,2H3;4H,1,7H2,2-3H3;2*1-2H3;1-2H/b17-11+;;;;;. The van der Waals surface area contributed by atoms with Crippen molar-refractivity contribution in [2.24, 2.45) is 5.73 Å². The van der Waals surface area contributed by atoms with E-state index in [1.54, 1.807) is 12.1 Å². The van der Waals surface area contributed by atoms with E-state index in [2.05, 4.69) is 113 Å². The Morgan fingerprint density at radius 2 is 1.44 bits per heavy atom. The van der Waals surface area contributed by atoms with Crippen LogP contribution in [0.5, 0.6) is 0 Å². The largest absolute Gasteiger partial charge is 0.399 e. The number of nitrogens with one attached hydrogen (secondary N) is 1. The van der Waals surface area contributed by atoms with Crippen LogP contribution >= 0.6 is 0 Å². The van der Waals surface area contributed by atoms with Gasteiger partial charge in [-0.15, -0.1) is 12.8 Å². The van der Waals surface area contributed by atoms with Gasteiger partial charge < -0.3 is 11.1 Å². The van der Waals surface area contributed by atoms with Crippen molar-refractivity contribution in [3.8, 4) is 18.9 Å². The maximum Gasteiger partial charge on any atom is 0.0991 e. The van der Waals surface area contributed by atoms with E-state index >= 15 is 0 Å². The second-order valence-corrected chi connectivity index (χ2v) is 9.69. The van der Waals surface area contributed by atoms with E-state index in [4.69, 9.17) is 11.0 Å². The zero-order chi connectivity index (χ0) is 35.2. The van der Waals surface area contributed by atoms with Gasteiger partial charge in [0.25, 0.3) is 0 Å². The van der Waals surface area contributed by atoms with Crippen LogP contribution in [0.15, 0.2) is 115 Å². The van der Waals surface area contributed by atoms with Crippen LogP contribution in [0.2, 0.25) is 0 Å². The van der Waals surface area contributed by atoms with Crippen molar-refractivity contribution in [2.75, 3.05) is 0 Å². The second-order valence-electron chi connectivity index (χ2n) is 9.69. The molecule has 0 radical (unpaired) electrons. The van der Waals surface area contributed by atoms with Crippen molar-refractivity contribution in [3.63, 3.8) is 0 Å². The van der Waals surface area contributed by atoms with E-state index in [1.807, 2.05) is 66.7 Å². The number of rotatable bonds is 8. The molecule has 242 valence electrons. The highest BCUT2D eigenvalue weighted by molar-refractivity contribution is 5.62. The van der Waals surface area contributed by atoms with Crippen molar-refractivity contribution < 1.29 is 0 Å². The highest BCUT2D eigenvalue weighted by Crippen LogP contribution is 2.13. The number of nitriles is 1. The third-order valence-electron chi connectivity index (χ3n) is 6.10. The Bertz CT molecular complexity index is 1340. The first-order valence-electron chi connectivity index (χ1n) is 15.7. The number of nitrogens with zero attached hydrogens (tertiary/aromatic N) is 1. The monoisotopic (exact) mass is 605 g/mol. The lowest BCUT2D eigenvalue weighted by Crippen LogP contribution is -2.10. The predicted octanol–water partition coefficient (Wildman–Crippen LogP) is 11.1. The molecule has 0 aliphatic carbocycles. The minimum absolute atomic E-state index is 0.686. The Kier molecular flexibility index (Phi) is 29.2. The molecule has 0 aromatic heterocycles. The fraction of sp³-hybridized carbons (Fsp3) is 0.310. The molecular formula is C42H59N3. The quantitative estimate of drug-likeness (QED) is 0.198. The van der Waals surface area contributed by atoms with Gasteiger partial charge in [-0.2, -0.15) is 5.26 Å². The molecular weight excluding hydrogens is 546 g/mol. The fourth-order valence-corrected chi connectivity index (χ4v) is 3.44. The summed E-state index contributed by atoms with van der Waals surface area (Å²) in [7, 11) is 0. The second kappa shape index (κ2) is 29.3. The van der Waals surface area contributed by atoms with Gasteiger partial charge in [-0.25, -0.2) is 0 Å². The zero-order valence-electron chi connectivity index (χ0n) is 29.8. The first-order chi connectivity index (χ1) is 21.6. The molecule has 0 spiro atoms. The van der Waals surface area contributed by atoms with Crippen molar-refractivity contribution >= 4 is 5.57 Å². The van der Waals surface area contributed by atoms with Crippen LogP contribution in [0.25, 0.3) is 5.57 Å². The molecule has 3 nitrogen and oxygen atoms in total. The highest BCUT2D eigenvalue weighted by atomic mass is 14.9. The van der Waals surface area contributed by atoms with E-state index < -0.39 is 0 Å². The predicted molar refractivity (Wildman–Crippen MR) is 203 cm³/mol. The molecule has 0 unspecified atom stereocenters. The number of terminal acetylenes is 1. The Balaban J connectivity index is -0.000000617. The molecule has 0 fully saturated rings. The molecule has 3 N–H and O–H groups in total. The first kappa shape index (κ1) is 44.7. The van der Waals surface area contributed by atoms with Crippen molar-refractivity contribution in [3.05, 3.63) is 148 Å². The van der Waals surface area contributed by atoms with Gasteiger partial charge in [0, 0.05) is 17.9 Å². The molecule has 45 heavy (non-hydrogen) atoms. The van der Waals surface area contributed by atoms with Crippen LogP contribution in [0.4, 0.5) is 0 Å². The summed E-state index contributed by atoms with van der Waals surface area (Å²) in [6.45, 7) is 28.5. The third kappa shape index (κ3) is 21.6. The summed E-state index contributed by atoms with van der Waals surface area (Å²) >= 11 is 0. The molecule has 3 aromatic rings. The Hall–Kier alpha value is -4.73. The number of aryl methyl sites for hydroxylation is 2. The summed E-state index contributed by atoms with van der Waals surface area (Å²) in [5.74, 6) is 0. The number of hydrogen-bond acceptors (Lipinski definition) is 3. The van der Waals surface area contributed by atoms with Crippen LogP contribution < -0.4 is 11.1 Å². The van der Waals surface area contributed by atoms with Gasteiger partial charge in [0.15, 0.2) is 0 Å². The molecule has 0 aliphatic rings. The van der Waals surface area contributed by atoms with E-state index in [1.165, 1.54) is 28.0 Å². The van der Waals surface area contributed by atoms with Crippen LogP contribution in [0.3, 0.4) is 0 Å². The van der Waals surface area contributed by atoms with Gasteiger partial charge in [0.05, 0.1) is 11.6 Å². The molecule has 0 saturated heterocycles. The maximum atomic E-state index is 8.56. The zero-order valence-corrected chi connectivity index (χ0v) is 29.8. The van der Waals surface area contributed by atoms with Gasteiger partial charge in [-0.05, 0) is 87.9 Å². The van der Waals surface area contributed by atoms with Crippen molar-refractivity contribution in [2.45, 2.75) is 88.6 Å². The molecule has 0 amide bonds. The molecule has 0 saturated carbocycles. The van der Waals surface area contributed by atoms with Crippen LogP contribution in [-0.4, -0.2) is 0 Å². The lowest BCUT2D eigenvalue weighted by atomic mass is 10.0. The van der Waals surface area contributed by atoms with Gasteiger partial charge in [-0.3, -0.25) is 0 Å². The van der Waals surface area contributed by atoms with Crippen LogP contribution in [0, 0.1) is 31.1 Å². The number of hydrogen-bond donors (Lipinski definition) is 2. The highest BCUT2D eigenvalue weighted by Gasteiger charge is 1.98. The molecule has 0 aliphatic heterocycles. The summed E-state index contributed by atoms with van der Waals surface area (Å²) in [6, 6.07) is 26.9. The van der Waals surface area contributed by atoms with Gasteiger partial charge in [0.2, 0.25) is 0 Å². The minimum atomic E-state index is 0.686. The minimum Gasteiger partial charge on any atom is -0.399 e. The van der Waals surface area contributed by atoms with Crippen LogP contribution in [0.1, 0.15) is 95.7 Å². The number of nitrogens with two attached hydrogens (primary N) is 1. The van der Waals surface area contributed by atoms with Crippen molar-refractivity contribution in [1.82, 2.24) is 5.32 Å². The van der Waals surface area contributed by atoms with Gasteiger partial charge in [0.1, 0.15) is 0 Å².